The number of benzene rings is 3. The molecule has 0 fully saturated rings. The predicted molar refractivity (Wildman–Crippen MR) is 157 cm³/mol. The van der Waals surface area contributed by atoms with Gasteiger partial charge >= 0.3 is 0 Å². The molecule has 0 radical (unpaired) electrons. The Hall–Kier alpha value is -2.78. The molecule has 3 rings (SSSR count). The van der Waals surface area contributed by atoms with E-state index in [2.05, 4.69) is 5.32 Å². The molecule has 39 heavy (non-hydrogen) atoms. The van der Waals surface area contributed by atoms with Gasteiger partial charge in [0, 0.05) is 22.6 Å². The highest BCUT2D eigenvalue weighted by atomic mass is 35.5. The van der Waals surface area contributed by atoms with Gasteiger partial charge in [-0.05, 0) is 62.2 Å². The van der Waals surface area contributed by atoms with Crippen LogP contribution in [0.5, 0.6) is 0 Å². The zero-order valence-corrected chi connectivity index (χ0v) is 24.9. The maximum Gasteiger partial charge on any atom is 0.264 e. The van der Waals surface area contributed by atoms with Gasteiger partial charge in [-0.25, -0.2) is 8.42 Å². The minimum Gasteiger partial charge on any atom is -0.352 e. The molecule has 0 aliphatic rings. The number of carbonyl (C=O) groups excluding carboxylic acids is 2. The Labute approximate surface area is 244 Å². The lowest BCUT2D eigenvalue weighted by Gasteiger charge is -2.33. The van der Waals surface area contributed by atoms with E-state index >= 15 is 0 Å². The summed E-state index contributed by atoms with van der Waals surface area (Å²) in [5.74, 6) is -0.987. The Morgan fingerprint density at radius 1 is 0.897 bits per heavy atom. The lowest BCUT2D eigenvalue weighted by molar-refractivity contribution is -0.139. The molecule has 7 nitrogen and oxygen atoms in total. The fourth-order valence-corrected chi connectivity index (χ4v) is 5.99. The number of sulfonamides is 1. The van der Waals surface area contributed by atoms with Gasteiger partial charge in [0.1, 0.15) is 12.6 Å². The van der Waals surface area contributed by atoms with Crippen LogP contribution in [0, 0.1) is 0 Å². The summed E-state index contributed by atoms with van der Waals surface area (Å²) in [7, 11) is -4.24. The first-order chi connectivity index (χ1) is 18.4. The number of halogens is 3. The fourth-order valence-electron chi connectivity index (χ4n) is 3.77. The highest BCUT2D eigenvalue weighted by Gasteiger charge is 2.33. The molecule has 0 saturated heterocycles. The monoisotopic (exact) mass is 609 g/mol. The molecule has 1 N–H and O–H groups in total. The highest BCUT2D eigenvalue weighted by Crippen LogP contribution is 2.33. The summed E-state index contributed by atoms with van der Waals surface area (Å²) in [5.41, 5.74) is 0.686. The number of nitrogens with one attached hydrogen (secondary N) is 1. The Bertz CT molecular complexity index is 1420. The normalized spacial score (nSPS) is 12.9. The minimum absolute atomic E-state index is 0.0127. The van der Waals surface area contributed by atoms with Crippen molar-refractivity contribution >= 4 is 62.3 Å². The van der Waals surface area contributed by atoms with Crippen LogP contribution in [-0.4, -0.2) is 43.8 Å². The van der Waals surface area contributed by atoms with E-state index in [0.29, 0.717) is 22.0 Å². The van der Waals surface area contributed by atoms with Crippen LogP contribution in [0.1, 0.15) is 32.8 Å². The Kier molecular flexibility index (Phi) is 10.7. The van der Waals surface area contributed by atoms with Gasteiger partial charge in [0.15, 0.2) is 0 Å². The minimum atomic E-state index is -4.24. The number of amides is 2. The van der Waals surface area contributed by atoms with Crippen molar-refractivity contribution in [1.29, 1.82) is 0 Å². The summed E-state index contributed by atoms with van der Waals surface area (Å²) in [6, 6.07) is 18.0. The second-order valence-electron chi connectivity index (χ2n) is 9.03. The summed E-state index contributed by atoms with van der Waals surface area (Å²) in [6.07, 6.45) is 0.703. The first kappa shape index (κ1) is 30.8. The van der Waals surface area contributed by atoms with Gasteiger partial charge in [-0.2, -0.15) is 0 Å². The molecule has 0 spiro atoms. The topological polar surface area (TPSA) is 86.8 Å². The van der Waals surface area contributed by atoms with Gasteiger partial charge < -0.3 is 10.2 Å². The molecule has 0 aliphatic carbocycles. The van der Waals surface area contributed by atoms with E-state index < -0.39 is 28.5 Å². The van der Waals surface area contributed by atoms with Crippen molar-refractivity contribution in [2.45, 2.75) is 50.7 Å². The number of rotatable bonds is 11. The molecule has 208 valence electrons. The molecule has 0 aliphatic heterocycles. The van der Waals surface area contributed by atoms with Crippen molar-refractivity contribution in [2.24, 2.45) is 0 Å². The largest absolute Gasteiger partial charge is 0.352 e. The summed E-state index contributed by atoms with van der Waals surface area (Å²) >= 11 is 18.9. The number of hydrogen-bond acceptors (Lipinski definition) is 4. The molecule has 3 aromatic carbocycles. The van der Waals surface area contributed by atoms with Crippen molar-refractivity contribution < 1.29 is 18.0 Å². The molecular weight excluding hydrogens is 581 g/mol. The predicted octanol–water partition coefficient (Wildman–Crippen LogP) is 6.17. The fraction of sp³-hybridized carbons (Fsp3) is 0.286. The summed E-state index contributed by atoms with van der Waals surface area (Å²) in [6.45, 7) is 4.76. The van der Waals surface area contributed by atoms with Crippen molar-refractivity contribution in [2.75, 3.05) is 10.8 Å². The van der Waals surface area contributed by atoms with Crippen molar-refractivity contribution in [3.05, 3.63) is 93.4 Å². The third-order valence-corrected chi connectivity index (χ3v) is 8.94. The van der Waals surface area contributed by atoms with E-state index in [0.717, 1.165) is 4.31 Å². The molecule has 0 unspecified atom stereocenters. The van der Waals surface area contributed by atoms with E-state index in [1.165, 1.54) is 35.2 Å². The van der Waals surface area contributed by atoms with Crippen LogP contribution in [0.25, 0.3) is 0 Å². The SMILES string of the molecule is CC[C@@H](C)NC(=O)[C@H](C)N(Cc1ccccc1Cl)C(=O)CN(c1ccc(Cl)cc1Cl)S(=O)(=O)c1ccccc1. The number of carbonyl (C=O) groups is 2. The molecular formula is C28H30Cl3N3O4S. The lowest BCUT2D eigenvalue weighted by atomic mass is 10.1. The molecule has 3 aromatic rings. The third kappa shape index (κ3) is 7.66. The number of hydrogen-bond donors (Lipinski definition) is 1. The van der Waals surface area contributed by atoms with Gasteiger partial charge in [0.2, 0.25) is 11.8 Å². The third-order valence-electron chi connectivity index (χ3n) is 6.26. The van der Waals surface area contributed by atoms with Gasteiger partial charge in [0.25, 0.3) is 10.0 Å². The van der Waals surface area contributed by atoms with Crippen LogP contribution in [0.4, 0.5) is 5.69 Å². The van der Waals surface area contributed by atoms with E-state index in [-0.39, 0.29) is 34.1 Å². The zero-order chi connectivity index (χ0) is 28.7. The Balaban J connectivity index is 2.06. The first-order valence-corrected chi connectivity index (χ1v) is 14.9. The number of anilines is 1. The molecule has 0 saturated carbocycles. The summed E-state index contributed by atoms with van der Waals surface area (Å²) in [5, 5.41) is 3.66. The van der Waals surface area contributed by atoms with Crippen LogP contribution in [0.3, 0.4) is 0 Å². The van der Waals surface area contributed by atoms with Gasteiger partial charge in [0.05, 0.1) is 15.6 Å². The van der Waals surface area contributed by atoms with Crippen LogP contribution in [0.2, 0.25) is 15.1 Å². The van der Waals surface area contributed by atoms with Crippen LogP contribution >= 0.6 is 34.8 Å². The van der Waals surface area contributed by atoms with Crippen LogP contribution in [0.15, 0.2) is 77.7 Å². The van der Waals surface area contributed by atoms with Crippen LogP contribution < -0.4 is 9.62 Å². The first-order valence-electron chi connectivity index (χ1n) is 12.3. The highest BCUT2D eigenvalue weighted by molar-refractivity contribution is 7.92. The average Bonchev–Trinajstić information content (AvgIpc) is 2.91. The Morgan fingerprint density at radius 3 is 2.15 bits per heavy atom. The van der Waals surface area contributed by atoms with E-state index in [4.69, 9.17) is 34.8 Å². The van der Waals surface area contributed by atoms with Crippen molar-refractivity contribution in [1.82, 2.24) is 10.2 Å². The van der Waals surface area contributed by atoms with E-state index in [9.17, 15) is 18.0 Å². The average molecular weight is 611 g/mol. The molecule has 2 atom stereocenters. The maximum atomic E-state index is 13.9. The second-order valence-corrected chi connectivity index (χ2v) is 12.1. The van der Waals surface area contributed by atoms with Crippen molar-refractivity contribution in [3.8, 4) is 0 Å². The van der Waals surface area contributed by atoms with E-state index in [1.54, 1.807) is 49.4 Å². The molecule has 2 amide bonds. The zero-order valence-electron chi connectivity index (χ0n) is 21.8. The standard InChI is InChI=1S/C28H30Cl3N3O4S/c1-4-19(2)32-28(36)20(3)33(17-21-10-8-9-13-24(21)30)27(35)18-34(26-15-14-22(29)16-25(26)31)39(37,38)23-11-6-5-7-12-23/h5-16,19-20H,4,17-18H2,1-3H3,(H,32,36)/t19-,20+/m1/s1. The number of nitrogens with zero attached hydrogens (tertiary/aromatic N) is 2. The van der Waals surface area contributed by atoms with Crippen molar-refractivity contribution in [3.63, 3.8) is 0 Å². The van der Waals surface area contributed by atoms with Crippen LogP contribution in [-0.2, 0) is 26.2 Å². The van der Waals surface area contributed by atoms with Gasteiger partial charge in [-0.1, -0.05) is 78.1 Å². The second kappa shape index (κ2) is 13.5. The van der Waals surface area contributed by atoms with Gasteiger partial charge in [-0.15, -0.1) is 0 Å². The summed E-state index contributed by atoms with van der Waals surface area (Å²) in [4.78, 5) is 28.3. The lowest BCUT2D eigenvalue weighted by Crippen LogP contribution is -2.52. The Morgan fingerprint density at radius 2 is 1.54 bits per heavy atom. The maximum absolute atomic E-state index is 13.9. The van der Waals surface area contributed by atoms with E-state index in [1.807, 2.05) is 13.8 Å². The summed E-state index contributed by atoms with van der Waals surface area (Å²) < 4.78 is 28.5. The molecule has 11 heteroatoms. The smallest absolute Gasteiger partial charge is 0.264 e. The molecule has 0 bridgehead atoms. The molecule has 0 heterocycles. The van der Waals surface area contributed by atoms with Gasteiger partial charge in [-0.3, -0.25) is 13.9 Å². The quantitative estimate of drug-likeness (QED) is 0.281. The molecule has 0 aromatic heterocycles.